The maximum atomic E-state index is 13.6. The lowest BCUT2D eigenvalue weighted by Gasteiger charge is -2.28. The maximum absolute atomic E-state index is 13.6. The fourth-order valence-electron chi connectivity index (χ4n) is 4.98. The number of phenols is 1. The number of carbonyl (C=O) groups is 1. The van der Waals surface area contributed by atoms with Crippen LogP contribution in [0, 0.1) is 11.8 Å². The first kappa shape index (κ1) is 26.9. The van der Waals surface area contributed by atoms with Gasteiger partial charge in [-0.2, -0.15) is 4.02 Å². The molecule has 186 valence electrons. The normalized spacial score (nSPS) is 20.4. The lowest BCUT2D eigenvalue weighted by Crippen LogP contribution is -2.33. The second-order valence-electron chi connectivity index (χ2n) is 11.6. The van der Waals surface area contributed by atoms with E-state index in [0.29, 0.717) is 29.7 Å². The van der Waals surface area contributed by atoms with E-state index in [1.165, 1.54) is 4.88 Å². The molecule has 1 N–H and O–H groups in total. The lowest BCUT2D eigenvalue weighted by atomic mass is 9.78. The van der Waals surface area contributed by atoms with Gasteiger partial charge in [0.05, 0.1) is 22.7 Å². The molecule has 0 bridgehead atoms. The van der Waals surface area contributed by atoms with Crippen LogP contribution in [0.2, 0.25) is 0 Å². The number of rotatable bonds is 7. The van der Waals surface area contributed by atoms with Crippen LogP contribution in [-0.2, 0) is 17.3 Å². The Bertz CT molecular complexity index is 997. The Labute approximate surface area is 217 Å². The van der Waals surface area contributed by atoms with Crippen LogP contribution in [0.4, 0.5) is 0 Å². The largest absolute Gasteiger partial charge is 0.507 e. The van der Waals surface area contributed by atoms with E-state index in [9.17, 15) is 9.90 Å². The smallest absolute Gasteiger partial charge is 0.182 e. The van der Waals surface area contributed by atoms with E-state index in [1.807, 2.05) is 12.1 Å². The zero-order valence-corrected chi connectivity index (χ0v) is 24.0. The highest BCUT2D eigenvalue weighted by Gasteiger charge is 2.39. The second kappa shape index (κ2) is 10.5. The molecule has 1 aromatic heterocycles. The average molecular weight is 548 g/mol. The highest BCUT2D eigenvalue weighted by atomic mass is 79.9. The zero-order chi connectivity index (χ0) is 25.3. The van der Waals surface area contributed by atoms with Gasteiger partial charge in [0.15, 0.2) is 5.78 Å². The summed E-state index contributed by atoms with van der Waals surface area (Å²) >= 11 is 5.16. The highest BCUT2D eigenvalue weighted by molar-refractivity contribution is 9.08. The second-order valence-corrected chi connectivity index (χ2v) is 13.0. The van der Waals surface area contributed by atoms with Crippen LogP contribution < -0.4 is 0 Å². The van der Waals surface area contributed by atoms with Crippen molar-refractivity contribution in [2.45, 2.75) is 78.6 Å². The van der Waals surface area contributed by atoms with Crippen molar-refractivity contribution in [1.82, 2.24) is 4.90 Å². The molecule has 0 aliphatic carbocycles. The first-order chi connectivity index (χ1) is 15.9. The van der Waals surface area contributed by atoms with Crippen molar-refractivity contribution in [1.29, 1.82) is 0 Å². The number of nitrogens with zero attached hydrogens (tertiary/aromatic N) is 2. The Balaban J connectivity index is 1.92. The molecule has 1 aliphatic heterocycles. The number of hydrogen-bond acceptors (Lipinski definition) is 4. The number of halogens is 1. The molecule has 0 spiro atoms. The Morgan fingerprint density at radius 1 is 1.18 bits per heavy atom. The third-order valence-electron chi connectivity index (χ3n) is 6.81. The molecule has 2 aromatic rings. The van der Waals surface area contributed by atoms with Gasteiger partial charge in [0.1, 0.15) is 11.6 Å². The molecule has 6 heteroatoms. The SMILES string of the molecule is CCCC1CN(CC(=O)c2cc(C(C)(C)C)c(O)c(C(C)(C)C)c2)C(=NBr)C1Cc1cccs1. The van der Waals surface area contributed by atoms with Crippen LogP contribution >= 0.6 is 27.5 Å². The van der Waals surface area contributed by atoms with Crippen LogP contribution in [0.5, 0.6) is 5.75 Å². The van der Waals surface area contributed by atoms with Crippen LogP contribution in [0.3, 0.4) is 0 Å². The van der Waals surface area contributed by atoms with E-state index in [0.717, 1.165) is 42.8 Å². The van der Waals surface area contributed by atoms with Gasteiger partial charge in [0, 0.05) is 34.0 Å². The minimum Gasteiger partial charge on any atom is -0.507 e. The summed E-state index contributed by atoms with van der Waals surface area (Å²) in [6, 6.07) is 8.06. The standard InChI is InChI=1S/C28H39BrN2O2S/c1-8-10-18-16-31(26(30-29)21(18)15-20-11-9-12-34-20)17-24(32)19-13-22(27(2,3)4)25(33)23(14-19)28(5,6)7/h9,11-14,18,21,33H,8,10,15-17H2,1-7H3. The molecule has 0 radical (unpaired) electrons. The summed E-state index contributed by atoms with van der Waals surface area (Å²) < 4.78 is 4.51. The van der Waals surface area contributed by atoms with Crippen LogP contribution in [0.15, 0.2) is 33.7 Å². The van der Waals surface area contributed by atoms with Gasteiger partial charge in [0.2, 0.25) is 0 Å². The first-order valence-corrected chi connectivity index (χ1v) is 13.8. The van der Waals surface area contributed by atoms with Crippen molar-refractivity contribution in [2.24, 2.45) is 15.9 Å². The predicted molar refractivity (Wildman–Crippen MR) is 148 cm³/mol. The van der Waals surface area contributed by atoms with Gasteiger partial charge >= 0.3 is 0 Å². The number of amidine groups is 1. The topological polar surface area (TPSA) is 52.9 Å². The molecule has 2 atom stereocenters. The molecule has 2 heterocycles. The van der Waals surface area contributed by atoms with Crippen molar-refractivity contribution >= 4 is 39.1 Å². The molecule has 1 fully saturated rings. The number of aromatic hydroxyl groups is 1. The van der Waals surface area contributed by atoms with E-state index < -0.39 is 0 Å². The molecule has 3 rings (SSSR count). The van der Waals surface area contributed by atoms with Gasteiger partial charge in [-0.15, -0.1) is 11.3 Å². The van der Waals surface area contributed by atoms with E-state index in [1.54, 1.807) is 11.3 Å². The van der Waals surface area contributed by atoms with Gasteiger partial charge in [0.25, 0.3) is 0 Å². The van der Waals surface area contributed by atoms with Gasteiger partial charge < -0.3 is 10.0 Å². The number of ketones is 1. The van der Waals surface area contributed by atoms with E-state index >= 15 is 0 Å². The first-order valence-electron chi connectivity index (χ1n) is 12.2. The molecule has 0 saturated carbocycles. The summed E-state index contributed by atoms with van der Waals surface area (Å²) in [5.41, 5.74) is 1.76. The molecular formula is C28H39BrN2O2S. The Morgan fingerprint density at radius 3 is 2.26 bits per heavy atom. The number of benzene rings is 1. The zero-order valence-electron chi connectivity index (χ0n) is 21.6. The van der Waals surface area contributed by atoms with Gasteiger partial charge in [-0.3, -0.25) is 4.79 Å². The van der Waals surface area contributed by atoms with E-state index in [-0.39, 0.29) is 16.6 Å². The lowest BCUT2D eigenvalue weighted by molar-refractivity contribution is 0.0963. The summed E-state index contributed by atoms with van der Waals surface area (Å²) in [5, 5.41) is 13.2. The van der Waals surface area contributed by atoms with E-state index in [2.05, 4.69) is 91.0 Å². The molecular weight excluding hydrogens is 508 g/mol. The minimum atomic E-state index is -0.269. The minimum absolute atomic E-state index is 0.0664. The fourth-order valence-corrected chi connectivity index (χ4v) is 6.23. The number of carbonyl (C=O) groups excluding carboxylic acids is 1. The van der Waals surface area contributed by atoms with Crippen molar-refractivity contribution in [3.63, 3.8) is 0 Å². The number of thiophene rings is 1. The van der Waals surface area contributed by atoms with Gasteiger partial charge in [-0.1, -0.05) is 61.0 Å². The Morgan fingerprint density at radius 2 is 1.79 bits per heavy atom. The van der Waals surface area contributed by atoms with Gasteiger partial charge in [-0.05, 0) is 53.2 Å². The number of phenolic OH excluding ortho intramolecular Hbond substituents is 1. The van der Waals surface area contributed by atoms with Crippen molar-refractivity contribution < 1.29 is 9.90 Å². The Kier molecular flexibility index (Phi) is 8.34. The average Bonchev–Trinajstić information content (AvgIpc) is 3.35. The van der Waals surface area contributed by atoms with Gasteiger partial charge in [-0.25, -0.2) is 0 Å². The Hall–Kier alpha value is -1.66. The van der Waals surface area contributed by atoms with Crippen molar-refractivity contribution in [3.05, 3.63) is 51.2 Å². The van der Waals surface area contributed by atoms with Crippen molar-refractivity contribution in [3.8, 4) is 5.75 Å². The molecule has 2 unspecified atom stereocenters. The summed E-state index contributed by atoms with van der Waals surface area (Å²) in [6.45, 7) is 15.8. The molecule has 1 saturated heterocycles. The summed E-state index contributed by atoms with van der Waals surface area (Å²) in [4.78, 5) is 17.1. The molecule has 1 aromatic carbocycles. The van der Waals surface area contributed by atoms with Crippen LogP contribution in [-0.4, -0.2) is 34.7 Å². The molecule has 0 amide bonds. The molecule has 34 heavy (non-hydrogen) atoms. The highest BCUT2D eigenvalue weighted by Crippen LogP contribution is 2.40. The monoisotopic (exact) mass is 546 g/mol. The summed E-state index contributed by atoms with van der Waals surface area (Å²) in [5.74, 6) is 2.13. The summed E-state index contributed by atoms with van der Waals surface area (Å²) in [6.07, 6.45) is 3.19. The number of hydrogen-bond donors (Lipinski definition) is 1. The van der Waals surface area contributed by atoms with E-state index in [4.69, 9.17) is 0 Å². The fraction of sp³-hybridized carbons (Fsp3) is 0.571. The third-order valence-corrected chi connectivity index (χ3v) is 8.07. The maximum Gasteiger partial charge on any atom is 0.182 e. The predicted octanol–water partition coefficient (Wildman–Crippen LogP) is 7.53. The third kappa shape index (κ3) is 5.93. The van der Waals surface area contributed by atoms with Crippen LogP contribution in [0.1, 0.15) is 87.7 Å². The quantitative estimate of drug-likeness (QED) is 0.365. The molecule has 1 aliphatic rings. The number of likely N-dealkylation sites (tertiary alicyclic amines) is 1. The number of Topliss-reactive ketones (excluding diaryl/α,β-unsaturated/α-hetero) is 1. The summed E-state index contributed by atoms with van der Waals surface area (Å²) in [7, 11) is 0. The van der Waals surface area contributed by atoms with Crippen LogP contribution in [0.25, 0.3) is 0 Å². The molecule has 4 nitrogen and oxygen atoms in total. The van der Waals surface area contributed by atoms with Crippen molar-refractivity contribution in [2.75, 3.05) is 13.1 Å².